The lowest BCUT2D eigenvalue weighted by Crippen LogP contribution is -2.30. The van der Waals surface area contributed by atoms with Crippen LogP contribution < -0.4 is 10.1 Å². The van der Waals surface area contributed by atoms with Gasteiger partial charge in [0.2, 0.25) is 5.91 Å². The number of aliphatic hydroxyl groups is 1. The highest BCUT2D eigenvalue weighted by Gasteiger charge is 2.25. The van der Waals surface area contributed by atoms with E-state index in [1.165, 1.54) is 0 Å². The molecule has 2 N–H and O–H groups in total. The van der Waals surface area contributed by atoms with E-state index < -0.39 is 0 Å². The molecule has 1 aliphatic heterocycles. The molecule has 0 aliphatic carbocycles. The molecule has 1 fully saturated rings. The molecule has 0 spiro atoms. The summed E-state index contributed by atoms with van der Waals surface area (Å²) < 4.78 is 11.4. The van der Waals surface area contributed by atoms with Crippen LogP contribution in [0.25, 0.3) is 0 Å². The summed E-state index contributed by atoms with van der Waals surface area (Å²) in [6.07, 6.45) is 0.341. The maximum atomic E-state index is 11.4. The van der Waals surface area contributed by atoms with Crippen LogP contribution in [0.4, 0.5) is 0 Å². The number of carbonyl (C=O) groups is 1. The molecule has 1 unspecified atom stereocenters. The van der Waals surface area contributed by atoms with Gasteiger partial charge in [0.05, 0.1) is 13.2 Å². The van der Waals surface area contributed by atoms with E-state index in [0.717, 1.165) is 17.9 Å². The smallest absolute Gasteiger partial charge is 0.226 e. The molecule has 1 heterocycles. The van der Waals surface area contributed by atoms with E-state index in [4.69, 9.17) is 14.6 Å². The first kappa shape index (κ1) is 16.7. The first-order chi connectivity index (χ1) is 10.6. The number of carbonyl (C=O) groups excluding carboxylic acids is 1. The van der Waals surface area contributed by atoms with Crippen LogP contribution in [-0.2, 0) is 16.0 Å². The van der Waals surface area contributed by atoms with E-state index in [-0.39, 0.29) is 25.2 Å². The van der Waals surface area contributed by atoms with Crippen molar-refractivity contribution in [3.05, 3.63) is 29.8 Å². The molecule has 0 aromatic heterocycles. The highest BCUT2D eigenvalue weighted by molar-refractivity contribution is 5.78. The maximum Gasteiger partial charge on any atom is 0.226 e. The molecular formula is C16H24N2O4. The van der Waals surface area contributed by atoms with Crippen LogP contribution in [0.1, 0.15) is 19.4 Å². The Labute approximate surface area is 131 Å². The summed E-state index contributed by atoms with van der Waals surface area (Å²) in [7, 11) is 0. The van der Waals surface area contributed by atoms with Crippen LogP contribution in [0.3, 0.4) is 0 Å². The Balaban J connectivity index is 1.76. The van der Waals surface area contributed by atoms with Crippen LogP contribution in [-0.4, -0.2) is 54.7 Å². The maximum absolute atomic E-state index is 11.4. The molecule has 0 saturated carbocycles. The second-order valence-electron chi connectivity index (χ2n) is 5.67. The predicted molar refractivity (Wildman–Crippen MR) is 82.5 cm³/mol. The van der Waals surface area contributed by atoms with E-state index in [1.807, 2.05) is 24.3 Å². The summed E-state index contributed by atoms with van der Waals surface area (Å²) in [6.45, 7) is 6.03. The first-order valence-corrected chi connectivity index (χ1v) is 7.53. The summed E-state index contributed by atoms with van der Waals surface area (Å²) in [5.74, 6) is 0.558. The van der Waals surface area contributed by atoms with Crippen molar-refractivity contribution in [3.8, 4) is 5.75 Å². The van der Waals surface area contributed by atoms with Crippen molar-refractivity contribution in [1.29, 1.82) is 0 Å². The zero-order valence-corrected chi connectivity index (χ0v) is 13.1. The van der Waals surface area contributed by atoms with Gasteiger partial charge in [0.1, 0.15) is 25.2 Å². The Morgan fingerprint density at radius 2 is 2.18 bits per heavy atom. The average molecular weight is 308 g/mol. The number of nitrogens with zero attached hydrogens (tertiary/aromatic N) is 1. The van der Waals surface area contributed by atoms with E-state index >= 15 is 0 Å². The largest absolute Gasteiger partial charge is 0.491 e. The number of benzene rings is 1. The summed E-state index contributed by atoms with van der Waals surface area (Å²) in [4.78, 5) is 13.6. The zero-order valence-electron chi connectivity index (χ0n) is 13.1. The van der Waals surface area contributed by atoms with Gasteiger partial charge in [-0.15, -0.1) is 0 Å². The molecule has 1 aromatic rings. The van der Waals surface area contributed by atoms with Crippen molar-refractivity contribution in [1.82, 2.24) is 10.2 Å². The second kappa shape index (κ2) is 8.12. The molecule has 22 heavy (non-hydrogen) atoms. The standard InChI is InChI=1S/C16H24N2O4/c1-12(2)18-8-15(22-11-18)9-21-14-5-3-13(4-6-14)7-16(20)17-10-19/h3-6,12,15,19H,7-11H2,1-2H3,(H,17,20). The fourth-order valence-electron chi connectivity index (χ4n) is 2.26. The van der Waals surface area contributed by atoms with Crippen LogP contribution in [0.5, 0.6) is 5.75 Å². The van der Waals surface area contributed by atoms with Crippen molar-refractivity contribution < 1.29 is 19.4 Å². The van der Waals surface area contributed by atoms with Gasteiger partial charge in [-0.3, -0.25) is 9.69 Å². The third-order valence-electron chi connectivity index (χ3n) is 3.64. The van der Waals surface area contributed by atoms with Crippen LogP contribution >= 0.6 is 0 Å². The van der Waals surface area contributed by atoms with E-state index in [1.54, 1.807) is 0 Å². The summed E-state index contributed by atoms with van der Waals surface area (Å²) in [5.41, 5.74) is 0.876. The summed E-state index contributed by atoms with van der Waals surface area (Å²) in [6, 6.07) is 7.87. The highest BCUT2D eigenvalue weighted by Crippen LogP contribution is 2.16. The van der Waals surface area contributed by atoms with Crippen molar-refractivity contribution in [2.75, 3.05) is 26.6 Å². The molecule has 1 amide bonds. The number of hydrogen-bond donors (Lipinski definition) is 2. The van der Waals surface area contributed by atoms with Crippen molar-refractivity contribution in [2.45, 2.75) is 32.4 Å². The fraction of sp³-hybridized carbons (Fsp3) is 0.562. The molecular weight excluding hydrogens is 284 g/mol. The monoisotopic (exact) mass is 308 g/mol. The molecule has 1 aromatic carbocycles. The molecule has 122 valence electrons. The minimum absolute atomic E-state index is 0.0948. The Morgan fingerprint density at radius 1 is 1.45 bits per heavy atom. The number of hydrogen-bond acceptors (Lipinski definition) is 5. The molecule has 0 bridgehead atoms. The molecule has 6 nitrogen and oxygen atoms in total. The lowest BCUT2D eigenvalue weighted by Gasteiger charge is -2.17. The third-order valence-corrected chi connectivity index (χ3v) is 3.64. The SMILES string of the molecule is CC(C)N1COC(COc2ccc(CC(=O)NCO)cc2)C1. The predicted octanol–water partition coefficient (Wildman–Crippen LogP) is 0.741. The van der Waals surface area contributed by atoms with Gasteiger partial charge in [-0.25, -0.2) is 0 Å². The Kier molecular flexibility index (Phi) is 6.18. The summed E-state index contributed by atoms with van der Waals surface area (Å²) in [5, 5.41) is 11.0. The van der Waals surface area contributed by atoms with Gasteiger partial charge in [0.25, 0.3) is 0 Å². The molecule has 6 heteroatoms. The van der Waals surface area contributed by atoms with Gasteiger partial charge in [-0.05, 0) is 31.5 Å². The number of rotatable bonds is 7. The highest BCUT2D eigenvalue weighted by atomic mass is 16.5. The van der Waals surface area contributed by atoms with Crippen molar-refractivity contribution in [3.63, 3.8) is 0 Å². The topological polar surface area (TPSA) is 71.0 Å². The number of aliphatic hydroxyl groups excluding tert-OH is 1. The van der Waals surface area contributed by atoms with E-state index in [2.05, 4.69) is 24.1 Å². The Hall–Kier alpha value is -1.63. The molecule has 1 saturated heterocycles. The Bertz CT molecular complexity index is 476. The van der Waals surface area contributed by atoms with Gasteiger partial charge >= 0.3 is 0 Å². The lowest BCUT2D eigenvalue weighted by atomic mass is 10.1. The summed E-state index contributed by atoms with van der Waals surface area (Å²) >= 11 is 0. The van der Waals surface area contributed by atoms with Gasteiger partial charge in [-0.2, -0.15) is 0 Å². The molecule has 2 rings (SSSR count). The van der Waals surface area contributed by atoms with Crippen molar-refractivity contribution in [2.24, 2.45) is 0 Å². The fourth-order valence-corrected chi connectivity index (χ4v) is 2.26. The number of nitrogens with one attached hydrogen (secondary N) is 1. The number of amides is 1. The minimum atomic E-state index is -0.338. The van der Waals surface area contributed by atoms with E-state index in [9.17, 15) is 4.79 Å². The lowest BCUT2D eigenvalue weighted by molar-refractivity contribution is -0.121. The average Bonchev–Trinajstić information content (AvgIpc) is 2.96. The second-order valence-corrected chi connectivity index (χ2v) is 5.67. The Morgan fingerprint density at radius 3 is 2.77 bits per heavy atom. The van der Waals surface area contributed by atoms with Gasteiger partial charge in [0, 0.05) is 12.6 Å². The van der Waals surface area contributed by atoms with E-state index in [0.29, 0.717) is 19.4 Å². The third kappa shape index (κ3) is 4.98. The normalized spacial score (nSPS) is 18.6. The molecule has 0 radical (unpaired) electrons. The first-order valence-electron chi connectivity index (χ1n) is 7.53. The minimum Gasteiger partial charge on any atom is -0.491 e. The van der Waals surface area contributed by atoms with Crippen molar-refractivity contribution >= 4 is 5.91 Å². The van der Waals surface area contributed by atoms with Crippen LogP contribution in [0.2, 0.25) is 0 Å². The quantitative estimate of drug-likeness (QED) is 0.727. The zero-order chi connectivity index (χ0) is 15.9. The number of ether oxygens (including phenoxy) is 2. The molecule has 1 aliphatic rings. The van der Waals surface area contributed by atoms with Crippen LogP contribution in [0, 0.1) is 0 Å². The van der Waals surface area contributed by atoms with Gasteiger partial charge in [0.15, 0.2) is 0 Å². The molecule has 1 atom stereocenters. The van der Waals surface area contributed by atoms with Gasteiger partial charge < -0.3 is 19.9 Å². The van der Waals surface area contributed by atoms with Gasteiger partial charge in [-0.1, -0.05) is 12.1 Å². The van der Waals surface area contributed by atoms with Crippen LogP contribution in [0.15, 0.2) is 24.3 Å².